The van der Waals surface area contributed by atoms with Crippen molar-refractivity contribution in [2.45, 2.75) is 32.2 Å². The molecule has 1 aromatic heterocycles. The van der Waals surface area contributed by atoms with Gasteiger partial charge in [0.25, 0.3) is 0 Å². The highest BCUT2D eigenvalue weighted by atomic mass is 16.5. The third kappa shape index (κ3) is 2.98. The van der Waals surface area contributed by atoms with Crippen LogP contribution >= 0.6 is 0 Å². The zero-order valence-electron chi connectivity index (χ0n) is 14.4. The zero-order chi connectivity index (χ0) is 17.1. The third-order valence-corrected chi connectivity index (χ3v) is 4.49. The maximum absolute atomic E-state index is 12.4. The number of rotatable bonds is 5. The molecule has 3 rings (SSSR count). The summed E-state index contributed by atoms with van der Waals surface area (Å²) in [5, 5.41) is 0. The number of carbonyl (C=O) groups excluding carboxylic acids is 1. The minimum Gasteiger partial charge on any atom is -0.493 e. The predicted molar refractivity (Wildman–Crippen MR) is 91.5 cm³/mol. The van der Waals surface area contributed by atoms with Crippen LogP contribution < -0.4 is 14.2 Å². The van der Waals surface area contributed by atoms with E-state index in [9.17, 15) is 4.79 Å². The Bertz CT molecular complexity index is 723. The van der Waals surface area contributed by atoms with Gasteiger partial charge in [0.2, 0.25) is 5.75 Å². The van der Waals surface area contributed by atoms with E-state index < -0.39 is 0 Å². The van der Waals surface area contributed by atoms with Gasteiger partial charge in [-0.05, 0) is 48.6 Å². The maximum atomic E-state index is 12.4. The Morgan fingerprint density at radius 2 is 1.67 bits per heavy atom. The van der Waals surface area contributed by atoms with Gasteiger partial charge in [-0.15, -0.1) is 0 Å². The van der Waals surface area contributed by atoms with Crippen molar-refractivity contribution in [1.82, 2.24) is 4.57 Å². The van der Waals surface area contributed by atoms with E-state index >= 15 is 0 Å². The fourth-order valence-corrected chi connectivity index (χ4v) is 3.33. The molecule has 0 radical (unpaired) electrons. The Morgan fingerprint density at radius 1 is 1.00 bits per heavy atom. The molecule has 0 saturated heterocycles. The first kappa shape index (κ1) is 16.4. The lowest BCUT2D eigenvalue weighted by molar-refractivity contribution is 0.0973. The summed E-state index contributed by atoms with van der Waals surface area (Å²) >= 11 is 0. The molecule has 0 saturated carbocycles. The lowest BCUT2D eigenvalue weighted by Crippen LogP contribution is -2.10. The average Bonchev–Trinajstić information content (AvgIpc) is 2.90. The number of hydrogen-bond donors (Lipinski definition) is 0. The first-order valence-corrected chi connectivity index (χ1v) is 8.18. The van der Waals surface area contributed by atoms with E-state index in [1.54, 1.807) is 21.3 Å². The van der Waals surface area contributed by atoms with Crippen molar-refractivity contribution in [2.24, 2.45) is 0 Å². The number of Topliss-reactive ketones (excluding diaryl/α,β-unsaturated/α-hetero) is 1. The van der Waals surface area contributed by atoms with Crippen molar-refractivity contribution < 1.29 is 19.0 Å². The van der Waals surface area contributed by atoms with Gasteiger partial charge in [-0.3, -0.25) is 4.79 Å². The second kappa shape index (κ2) is 6.99. The van der Waals surface area contributed by atoms with Crippen molar-refractivity contribution in [3.05, 3.63) is 41.2 Å². The molecule has 0 fully saturated rings. The molecule has 0 atom stereocenters. The Hall–Kier alpha value is -2.43. The van der Waals surface area contributed by atoms with Crippen LogP contribution in [0.3, 0.4) is 0 Å². The Morgan fingerprint density at radius 3 is 2.29 bits per heavy atom. The summed E-state index contributed by atoms with van der Waals surface area (Å²) in [6.45, 7) is 0.595. The standard InChI is InChI=1S/C19H23NO4/c1-22-16-10-13(11-17(23-2)19(16)24-3)12-20-9-8-14-6-4-5-7-15(21)18(14)20/h8-11H,4-7,12H2,1-3H3. The van der Waals surface area contributed by atoms with E-state index in [2.05, 4.69) is 6.07 Å². The molecule has 0 amide bonds. The van der Waals surface area contributed by atoms with Crippen molar-refractivity contribution in [2.75, 3.05) is 21.3 Å². The van der Waals surface area contributed by atoms with Gasteiger partial charge in [-0.25, -0.2) is 0 Å². The minimum absolute atomic E-state index is 0.236. The summed E-state index contributed by atoms with van der Waals surface area (Å²) in [5.41, 5.74) is 3.01. The van der Waals surface area contributed by atoms with Gasteiger partial charge in [0.05, 0.1) is 27.0 Å². The van der Waals surface area contributed by atoms with Crippen LogP contribution in [0, 0.1) is 0 Å². The molecular weight excluding hydrogens is 306 g/mol. The quantitative estimate of drug-likeness (QED) is 0.788. The molecule has 1 aromatic carbocycles. The van der Waals surface area contributed by atoms with Crippen LogP contribution in [-0.4, -0.2) is 31.7 Å². The lowest BCUT2D eigenvalue weighted by atomic mass is 10.1. The Labute approximate surface area is 142 Å². The van der Waals surface area contributed by atoms with E-state index in [4.69, 9.17) is 14.2 Å². The number of fused-ring (bicyclic) bond motifs is 1. The van der Waals surface area contributed by atoms with Crippen LogP contribution in [0.5, 0.6) is 17.2 Å². The highest BCUT2D eigenvalue weighted by molar-refractivity contribution is 5.96. The van der Waals surface area contributed by atoms with Crippen LogP contribution in [0.25, 0.3) is 0 Å². The number of ketones is 1. The zero-order valence-corrected chi connectivity index (χ0v) is 14.4. The smallest absolute Gasteiger partial charge is 0.203 e. The minimum atomic E-state index is 0.236. The molecule has 24 heavy (non-hydrogen) atoms. The first-order chi connectivity index (χ1) is 11.7. The van der Waals surface area contributed by atoms with E-state index in [1.165, 1.54) is 0 Å². The summed E-state index contributed by atoms with van der Waals surface area (Å²) in [7, 11) is 4.79. The van der Waals surface area contributed by atoms with E-state index in [0.717, 1.165) is 36.1 Å². The molecule has 128 valence electrons. The normalized spacial score (nSPS) is 14.0. The molecule has 0 spiro atoms. The Balaban J connectivity index is 1.98. The summed E-state index contributed by atoms with van der Waals surface area (Å²) in [6.07, 6.45) is 5.65. The molecule has 5 nitrogen and oxygen atoms in total. The van der Waals surface area contributed by atoms with Gasteiger partial charge in [0, 0.05) is 19.2 Å². The molecule has 1 aliphatic rings. The highest BCUT2D eigenvalue weighted by Crippen LogP contribution is 2.38. The predicted octanol–water partition coefficient (Wildman–Crippen LogP) is 3.47. The third-order valence-electron chi connectivity index (χ3n) is 4.49. The van der Waals surface area contributed by atoms with E-state index in [1.807, 2.05) is 22.9 Å². The monoisotopic (exact) mass is 329 g/mol. The van der Waals surface area contributed by atoms with Crippen LogP contribution in [0.1, 0.15) is 40.9 Å². The van der Waals surface area contributed by atoms with Crippen molar-refractivity contribution in [1.29, 1.82) is 0 Å². The van der Waals surface area contributed by atoms with Crippen LogP contribution in [-0.2, 0) is 13.0 Å². The van der Waals surface area contributed by atoms with Gasteiger partial charge in [0.1, 0.15) is 0 Å². The summed E-state index contributed by atoms with van der Waals surface area (Å²) in [6, 6.07) is 5.92. The first-order valence-electron chi connectivity index (χ1n) is 8.18. The van der Waals surface area contributed by atoms with Crippen LogP contribution in [0.4, 0.5) is 0 Å². The van der Waals surface area contributed by atoms with Crippen LogP contribution in [0.15, 0.2) is 24.4 Å². The molecule has 1 aliphatic carbocycles. The number of benzene rings is 1. The second-order valence-corrected chi connectivity index (χ2v) is 5.98. The fraction of sp³-hybridized carbons (Fsp3) is 0.421. The highest BCUT2D eigenvalue weighted by Gasteiger charge is 2.20. The molecule has 0 unspecified atom stereocenters. The second-order valence-electron chi connectivity index (χ2n) is 5.98. The largest absolute Gasteiger partial charge is 0.493 e. The van der Waals surface area contributed by atoms with Crippen LogP contribution in [0.2, 0.25) is 0 Å². The number of nitrogens with zero attached hydrogens (tertiary/aromatic N) is 1. The van der Waals surface area contributed by atoms with Crippen molar-refractivity contribution in [3.63, 3.8) is 0 Å². The van der Waals surface area contributed by atoms with Gasteiger partial charge in [-0.2, -0.15) is 0 Å². The average molecular weight is 329 g/mol. The summed E-state index contributed by atoms with van der Waals surface area (Å²) in [4.78, 5) is 12.4. The van der Waals surface area contributed by atoms with E-state index in [0.29, 0.717) is 30.2 Å². The van der Waals surface area contributed by atoms with Crippen molar-refractivity contribution >= 4 is 5.78 Å². The molecule has 0 N–H and O–H groups in total. The number of aryl methyl sites for hydroxylation is 1. The number of aromatic nitrogens is 1. The number of methoxy groups -OCH3 is 3. The topological polar surface area (TPSA) is 49.7 Å². The number of hydrogen-bond acceptors (Lipinski definition) is 4. The lowest BCUT2D eigenvalue weighted by Gasteiger charge is -2.15. The summed E-state index contributed by atoms with van der Waals surface area (Å²) in [5.74, 6) is 2.05. The van der Waals surface area contributed by atoms with Gasteiger partial charge in [0.15, 0.2) is 17.3 Å². The van der Waals surface area contributed by atoms with E-state index in [-0.39, 0.29) is 5.78 Å². The molecule has 0 bridgehead atoms. The number of ether oxygens (including phenoxy) is 3. The van der Waals surface area contributed by atoms with Gasteiger partial charge >= 0.3 is 0 Å². The maximum Gasteiger partial charge on any atom is 0.203 e. The molecule has 1 heterocycles. The Kier molecular flexibility index (Phi) is 4.79. The van der Waals surface area contributed by atoms with Gasteiger partial charge < -0.3 is 18.8 Å². The van der Waals surface area contributed by atoms with Crippen molar-refractivity contribution in [3.8, 4) is 17.2 Å². The molecular formula is C19H23NO4. The summed E-state index contributed by atoms with van der Waals surface area (Å²) < 4.78 is 18.2. The number of carbonyl (C=O) groups is 1. The molecule has 5 heteroatoms. The SMILES string of the molecule is COc1cc(Cn2ccc3c2C(=O)CCCC3)cc(OC)c1OC. The molecule has 2 aromatic rings. The van der Waals surface area contributed by atoms with Gasteiger partial charge in [-0.1, -0.05) is 0 Å². The fourth-order valence-electron chi connectivity index (χ4n) is 3.33. The molecule has 0 aliphatic heterocycles.